The predicted molar refractivity (Wildman–Crippen MR) is 89.8 cm³/mol. The number of anilines is 1. The van der Waals surface area contributed by atoms with Gasteiger partial charge in [0.1, 0.15) is 11.6 Å². The third-order valence-electron chi connectivity index (χ3n) is 4.28. The van der Waals surface area contributed by atoms with Gasteiger partial charge in [-0.05, 0) is 19.4 Å². The minimum atomic E-state index is 0.0781. The summed E-state index contributed by atoms with van der Waals surface area (Å²) in [6, 6.07) is 1.93. The summed E-state index contributed by atoms with van der Waals surface area (Å²) >= 11 is 0. The van der Waals surface area contributed by atoms with Crippen molar-refractivity contribution < 1.29 is 4.74 Å². The van der Waals surface area contributed by atoms with Gasteiger partial charge in [0.2, 0.25) is 0 Å². The smallest absolute Gasteiger partial charge is 0.163 e. The molecule has 1 aliphatic heterocycles. The molecular formula is C16H21N7O. The van der Waals surface area contributed by atoms with Gasteiger partial charge in [0, 0.05) is 39.1 Å². The molecule has 8 nitrogen and oxygen atoms in total. The third kappa shape index (κ3) is 2.84. The van der Waals surface area contributed by atoms with Crippen LogP contribution < -0.4 is 4.90 Å². The topological polar surface area (TPSA) is 73.9 Å². The van der Waals surface area contributed by atoms with Crippen LogP contribution in [0.2, 0.25) is 0 Å². The highest BCUT2D eigenvalue weighted by atomic mass is 16.5. The molecule has 24 heavy (non-hydrogen) atoms. The second kappa shape index (κ2) is 6.20. The molecule has 4 heterocycles. The lowest BCUT2D eigenvalue weighted by Gasteiger charge is -2.25. The first-order valence-corrected chi connectivity index (χ1v) is 8.21. The number of aryl methyl sites for hydroxylation is 2. The number of hydrogen-bond donors (Lipinski definition) is 0. The van der Waals surface area contributed by atoms with Gasteiger partial charge in [-0.15, -0.1) is 0 Å². The van der Waals surface area contributed by atoms with Crippen molar-refractivity contribution in [2.45, 2.75) is 26.0 Å². The summed E-state index contributed by atoms with van der Waals surface area (Å²) in [5.41, 5.74) is 0.867. The zero-order chi connectivity index (χ0) is 16.5. The summed E-state index contributed by atoms with van der Waals surface area (Å²) in [6.45, 7) is 5.11. The summed E-state index contributed by atoms with van der Waals surface area (Å²) in [6.07, 6.45) is 6.65. The average Bonchev–Trinajstić information content (AvgIpc) is 3.13. The highest BCUT2D eigenvalue weighted by Gasteiger charge is 2.23. The van der Waals surface area contributed by atoms with E-state index in [0.29, 0.717) is 0 Å². The lowest BCUT2D eigenvalue weighted by atomic mass is 10.2. The summed E-state index contributed by atoms with van der Waals surface area (Å²) in [5, 5.41) is 9.61. The Hall–Kier alpha value is -2.48. The second-order valence-corrected chi connectivity index (χ2v) is 6.12. The molecule has 1 aliphatic rings. The Morgan fingerprint density at radius 3 is 3.04 bits per heavy atom. The second-order valence-electron chi connectivity index (χ2n) is 6.12. The van der Waals surface area contributed by atoms with Crippen LogP contribution in [0.1, 0.15) is 12.2 Å². The van der Waals surface area contributed by atoms with E-state index >= 15 is 0 Å². The minimum Gasteiger partial charge on any atom is -0.374 e. The maximum atomic E-state index is 6.01. The number of ether oxygens (including phenoxy) is 1. The van der Waals surface area contributed by atoms with Crippen molar-refractivity contribution in [2.75, 3.05) is 24.6 Å². The van der Waals surface area contributed by atoms with Gasteiger partial charge < -0.3 is 9.64 Å². The maximum Gasteiger partial charge on any atom is 0.163 e. The van der Waals surface area contributed by atoms with E-state index in [9.17, 15) is 0 Å². The van der Waals surface area contributed by atoms with E-state index in [0.717, 1.165) is 55.3 Å². The molecule has 3 aromatic heterocycles. The fourth-order valence-corrected chi connectivity index (χ4v) is 3.17. The molecule has 1 saturated heterocycles. The van der Waals surface area contributed by atoms with E-state index in [1.807, 2.05) is 37.1 Å². The Kier molecular flexibility index (Phi) is 3.89. The molecule has 1 atom stereocenters. The molecular weight excluding hydrogens is 306 g/mol. The molecule has 126 valence electrons. The normalized spacial score (nSPS) is 18.9. The fraction of sp³-hybridized carbons (Fsp3) is 0.500. The van der Waals surface area contributed by atoms with Crippen molar-refractivity contribution >= 4 is 16.9 Å². The van der Waals surface area contributed by atoms with Gasteiger partial charge in [-0.25, -0.2) is 9.97 Å². The predicted octanol–water partition coefficient (Wildman–Crippen LogP) is 1.16. The largest absolute Gasteiger partial charge is 0.374 e. The van der Waals surface area contributed by atoms with Gasteiger partial charge in [-0.1, -0.05) is 0 Å². The van der Waals surface area contributed by atoms with Crippen molar-refractivity contribution in [1.82, 2.24) is 29.5 Å². The first-order valence-electron chi connectivity index (χ1n) is 8.21. The first-order chi connectivity index (χ1) is 11.7. The maximum absolute atomic E-state index is 6.01. The standard InChI is InChI=1S/C16H21N7O/c1-12-19-15-14(9-18-21(15)2)16(20-12)22-6-4-8-24-13(10-22)11-23-7-3-5-17-23/h3,5,7,9,13H,4,6,8,10-11H2,1-2H3. The lowest BCUT2D eigenvalue weighted by Crippen LogP contribution is -2.35. The number of hydrogen-bond acceptors (Lipinski definition) is 6. The number of aromatic nitrogens is 6. The molecule has 4 rings (SSSR count). The zero-order valence-corrected chi connectivity index (χ0v) is 14.0. The van der Waals surface area contributed by atoms with Gasteiger partial charge >= 0.3 is 0 Å². The van der Waals surface area contributed by atoms with E-state index in [4.69, 9.17) is 9.72 Å². The van der Waals surface area contributed by atoms with Crippen molar-refractivity contribution in [1.29, 1.82) is 0 Å². The molecule has 0 aromatic carbocycles. The summed E-state index contributed by atoms with van der Waals surface area (Å²) < 4.78 is 9.72. The fourth-order valence-electron chi connectivity index (χ4n) is 3.17. The Bertz CT molecular complexity index is 826. The van der Waals surface area contributed by atoms with Crippen molar-refractivity contribution in [3.63, 3.8) is 0 Å². The molecule has 0 amide bonds. The van der Waals surface area contributed by atoms with Gasteiger partial charge in [-0.3, -0.25) is 9.36 Å². The van der Waals surface area contributed by atoms with Crippen LogP contribution in [-0.2, 0) is 18.3 Å². The molecule has 1 fully saturated rings. The quantitative estimate of drug-likeness (QED) is 0.719. The van der Waals surface area contributed by atoms with E-state index < -0.39 is 0 Å². The van der Waals surface area contributed by atoms with Crippen LogP contribution in [0, 0.1) is 6.92 Å². The van der Waals surface area contributed by atoms with E-state index in [-0.39, 0.29) is 6.10 Å². The number of nitrogens with zero attached hydrogens (tertiary/aromatic N) is 7. The SMILES string of the molecule is Cc1nc(N2CCCOC(Cn3cccn3)C2)c2cnn(C)c2n1. The molecule has 0 spiro atoms. The third-order valence-corrected chi connectivity index (χ3v) is 4.28. The van der Waals surface area contributed by atoms with E-state index in [1.54, 1.807) is 10.9 Å². The van der Waals surface area contributed by atoms with Crippen LogP contribution in [0.5, 0.6) is 0 Å². The van der Waals surface area contributed by atoms with Crippen molar-refractivity contribution in [2.24, 2.45) is 7.05 Å². The summed E-state index contributed by atoms with van der Waals surface area (Å²) in [7, 11) is 1.91. The zero-order valence-electron chi connectivity index (χ0n) is 14.0. The number of rotatable bonds is 3. The minimum absolute atomic E-state index is 0.0781. The Morgan fingerprint density at radius 2 is 2.21 bits per heavy atom. The van der Waals surface area contributed by atoms with E-state index in [2.05, 4.69) is 20.1 Å². The highest BCUT2D eigenvalue weighted by molar-refractivity contribution is 5.87. The Balaban J connectivity index is 1.65. The summed E-state index contributed by atoms with van der Waals surface area (Å²) in [5.74, 6) is 1.71. The van der Waals surface area contributed by atoms with Crippen LogP contribution >= 0.6 is 0 Å². The van der Waals surface area contributed by atoms with Gasteiger partial charge in [0.05, 0.1) is 24.2 Å². The van der Waals surface area contributed by atoms with Crippen LogP contribution in [0.25, 0.3) is 11.0 Å². The van der Waals surface area contributed by atoms with E-state index in [1.165, 1.54) is 0 Å². The Morgan fingerprint density at radius 1 is 1.29 bits per heavy atom. The molecule has 8 heteroatoms. The van der Waals surface area contributed by atoms with Crippen molar-refractivity contribution in [3.05, 3.63) is 30.5 Å². The first kappa shape index (κ1) is 15.1. The number of fused-ring (bicyclic) bond motifs is 1. The van der Waals surface area contributed by atoms with Crippen LogP contribution in [-0.4, -0.2) is 55.3 Å². The van der Waals surface area contributed by atoms with Crippen LogP contribution in [0.15, 0.2) is 24.7 Å². The van der Waals surface area contributed by atoms with Crippen molar-refractivity contribution in [3.8, 4) is 0 Å². The molecule has 3 aromatic rings. The average molecular weight is 327 g/mol. The molecule has 0 radical (unpaired) electrons. The summed E-state index contributed by atoms with van der Waals surface area (Å²) in [4.78, 5) is 11.5. The van der Waals surface area contributed by atoms with Gasteiger partial charge in [0.15, 0.2) is 5.65 Å². The van der Waals surface area contributed by atoms with Gasteiger partial charge in [-0.2, -0.15) is 10.2 Å². The molecule has 1 unspecified atom stereocenters. The van der Waals surface area contributed by atoms with Crippen LogP contribution in [0.4, 0.5) is 5.82 Å². The molecule has 0 saturated carbocycles. The van der Waals surface area contributed by atoms with Gasteiger partial charge in [0.25, 0.3) is 0 Å². The highest BCUT2D eigenvalue weighted by Crippen LogP contribution is 2.25. The molecule has 0 bridgehead atoms. The van der Waals surface area contributed by atoms with Crippen LogP contribution in [0.3, 0.4) is 0 Å². The lowest BCUT2D eigenvalue weighted by molar-refractivity contribution is 0.0543. The monoisotopic (exact) mass is 327 g/mol. The molecule has 0 N–H and O–H groups in total. The molecule has 0 aliphatic carbocycles. The Labute approximate surface area is 140 Å².